The molecule has 4 heteroatoms. The quantitative estimate of drug-likeness (QED) is 0.648. The topological polar surface area (TPSA) is 26.0 Å². The molecule has 1 heterocycles. The second kappa shape index (κ2) is 6.30. The molecule has 0 amide bonds. The molecular weight excluding hydrogens is 398 g/mol. The van der Waals surface area contributed by atoms with Crippen LogP contribution in [0.25, 0.3) is 0 Å². The smallest absolute Gasteiger partial charge is 0.0761 e. The highest BCUT2D eigenvalue weighted by molar-refractivity contribution is 9.12. The summed E-state index contributed by atoms with van der Waals surface area (Å²) in [7, 11) is 0. The van der Waals surface area contributed by atoms with E-state index in [4.69, 9.17) is 5.73 Å². The van der Waals surface area contributed by atoms with E-state index >= 15 is 0 Å². The zero-order valence-electron chi connectivity index (χ0n) is 11.9. The van der Waals surface area contributed by atoms with Gasteiger partial charge in [-0.2, -0.15) is 0 Å². The van der Waals surface area contributed by atoms with Gasteiger partial charge in [0.1, 0.15) is 0 Å². The Morgan fingerprint density at radius 2 is 1.80 bits per heavy atom. The fourth-order valence-corrected chi connectivity index (χ4v) is 5.02. The molecule has 1 unspecified atom stereocenters. The summed E-state index contributed by atoms with van der Waals surface area (Å²) >= 11 is 8.74. The summed E-state index contributed by atoms with van der Waals surface area (Å²) < 4.78 is 2.19. The maximum Gasteiger partial charge on any atom is 0.0761 e. The van der Waals surface area contributed by atoms with Gasteiger partial charge in [0, 0.05) is 0 Å². The lowest BCUT2D eigenvalue weighted by molar-refractivity contribution is 0.506. The van der Waals surface area contributed by atoms with Crippen molar-refractivity contribution in [2.75, 3.05) is 0 Å². The van der Waals surface area contributed by atoms with Gasteiger partial charge in [0.05, 0.1) is 13.6 Å². The van der Waals surface area contributed by atoms with Gasteiger partial charge in [-0.25, -0.2) is 0 Å². The number of hydrogen-bond acceptors (Lipinski definition) is 2. The second-order valence-electron chi connectivity index (χ2n) is 5.62. The molecule has 2 aromatic rings. The van der Waals surface area contributed by atoms with Gasteiger partial charge < -0.3 is 5.73 Å². The Kier molecular flexibility index (Phi) is 5.11. The molecule has 1 nitrogen and oxygen atoms in total. The van der Waals surface area contributed by atoms with Crippen LogP contribution in [0.2, 0.25) is 0 Å². The van der Waals surface area contributed by atoms with Gasteiger partial charge in [-0.1, -0.05) is 45.0 Å². The number of rotatable bonds is 4. The van der Waals surface area contributed by atoms with E-state index in [0.29, 0.717) is 0 Å². The first kappa shape index (κ1) is 16.2. The SMILES string of the molecule is CCC(C)(C)c1ccc(C(N)c2cc(Br)sc2Br)cc1. The zero-order valence-corrected chi connectivity index (χ0v) is 15.9. The molecule has 20 heavy (non-hydrogen) atoms. The van der Waals surface area contributed by atoms with Crippen LogP contribution in [-0.4, -0.2) is 0 Å². The van der Waals surface area contributed by atoms with Crippen molar-refractivity contribution in [3.05, 3.63) is 54.6 Å². The number of thiophene rings is 1. The molecule has 108 valence electrons. The summed E-state index contributed by atoms with van der Waals surface area (Å²) in [5, 5.41) is 0. The lowest BCUT2D eigenvalue weighted by atomic mass is 9.81. The van der Waals surface area contributed by atoms with Crippen molar-refractivity contribution in [1.29, 1.82) is 0 Å². The average Bonchev–Trinajstić information content (AvgIpc) is 2.77. The minimum absolute atomic E-state index is 0.0919. The fraction of sp³-hybridized carbons (Fsp3) is 0.375. The van der Waals surface area contributed by atoms with E-state index in [2.05, 4.69) is 83.0 Å². The van der Waals surface area contributed by atoms with Crippen molar-refractivity contribution < 1.29 is 0 Å². The van der Waals surface area contributed by atoms with E-state index in [-0.39, 0.29) is 11.5 Å². The average molecular weight is 417 g/mol. The summed E-state index contributed by atoms with van der Waals surface area (Å²) in [6, 6.07) is 10.7. The summed E-state index contributed by atoms with van der Waals surface area (Å²) in [6.45, 7) is 6.77. The minimum atomic E-state index is -0.0919. The molecule has 0 fully saturated rings. The first-order chi connectivity index (χ1) is 9.35. The molecular formula is C16H19Br2NS. The van der Waals surface area contributed by atoms with Gasteiger partial charge in [0.2, 0.25) is 0 Å². The van der Waals surface area contributed by atoms with Crippen LogP contribution in [0.4, 0.5) is 0 Å². The molecule has 0 spiro atoms. The Hall–Kier alpha value is -0.160. The van der Waals surface area contributed by atoms with E-state index < -0.39 is 0 Å². The van der Waals surface area contributed by atoms with E-state index in [9.17, 15) is 0 Å². The Morgan fingerprint density at radius 1 is 1.20 bits per heavy atom. The van der Waals surface area contributed by atoms with Gasteiger partial charge in [-0.15, -0.1) is 11.3 Å². The van der Waals surface area contributed by atoms with Gasteiger partial charge in [0.15, 0.2) is 0 Å². The molecule has 0 saturated carbocycles. The Morgan fingerprint density at radius 3 is 2.25 bits per heavy atom. The first-order valence-electron chi connectivity index (χ1n) is 6.66. The number of nitrogens with two attached hydrogens (primary N) is 1. The molecule has 2 rings (SSSR count). The summed E-state index contributed by atoms with van der Waals surface area (Å²) in [4.78, 5) is 0. The molecule has 0 saturated heterocycles. The van der Waals surface area contributed by atoms with Crippen LogP contribution in [0.5, 0.6) is 0 Å². The predicted molar refractivity (Wildman–Crippen MR) is 95.5 cm³/mol. The molecule has 1 aromatic heterocycles. The lowest BCUT2D eigenvalue weighted by Crippen LogP contribution is -2.16. The predicted octanol–water partition coefficient (Wildman–Crippen LogP) is 6.01. The molecule has 0 aliphatic rings. The summed E-state index contributed by atoms with van der Waals surface area (Å²) in [6.07, 6.45) is 1.13. The number of benzene rings is 1. The van der Waals surface area contributed by atoms with Crippen LogP contribution in [0.1, 0.15) is 49.9 Å². The molecule has 2 N–H and O–H groups in total. The van der Waals surface area contributed by atoms with Crippen LogP contribution in [0.3, 0.4) is 0 Å². The molecule has 0 aliphatic heterocycles. The van der Waals surface area contributed by atoms with Gasteiger partial charge in [0.25, 0.3) is 0 Å². The summed E-state index contributed by atoms with van der Waals surface area (Å²) in [5.41, 5.74) is 10.2. The van der Waals surface area contributed by atoms with Crippen molar-refractivity contribution in [3.8, 4) is 0 Å². The van der Waals surface area contributed by atoms with Gasteiger partial charge >= 0.3 is 0 Å². The fourth-order valence-electron chi connectivity index (χ4n) is 2.09. The Labute approximate surface area is 141 Å². The third-order valence-corrected chi connectivity index (χ3v) is 6.34. The van der Waals surface area contributed by atoms with Crippen LogP contribution in [0.15, 0.2) is 37.9 Å². The highest BCUT2D eigenvalue weighted by Crippen LogP contribution is 2.37. The van der Waals surface area contributed by atoms with Gasteiger partial charge in [-0.05, 0) is 66.5 Å². The van der Waals surface area contributed by atoms with E-state index in [1.165, 1.54) is 5.56 Å². The largest absolute Gasteiger partial charge is 0.320 e. The van der Waals surface area contributed by atoms with Crippen LogP contribution < -0.4 is 5.73 Å². The number of halogens is 2. The third-order valence-electron chi connectivity index (χ3n) is 3.95. The van der Waals surface area contributed by atoms with Crippen molar-refractivity contribution in [2.45, 2.75) is 38.6 Å². The number of hydrogen-bond donors (Lipinski definition) is 1. The minimum Gasteiger partial charge on any atom is -0.320 e. The van der Waals surface area contributed by atoms with Crippen LogP contribution in [0, 0.1) is 0 Å². The Bertz CT molecular complexity index is 587. The zero-order chi connectivity index (χ0) is 14.9. The van der Waals surface area contributed by atoms with Crippen molar-refractivity contribution in [3.63, 3.8) is 0 Å². The van der Waals surface area contributed by atoms with Gasteiger partial charge in [-0.3, -0.25) is 0 Å². The maximum absolute atomic E-state index is 6.38. The first-order valence-corrected chi connectivity index (χ1v) is 9.06. The maximum atomic E-state index is 6.38. The van der Waals surface area contributed by atoms with E-state index in [0.717, 1.165) is 25.1 Å². The van der Waals surface area contributed by atoms with Crippen LogP contribution >= 0.6 is 43.2 Å². The normalized spacial score (nSPS) is 13.5. The molecule has 0 radical (unpaired) electrons. The monoisotopic (exact) mass is 415 g/mol. The van der Waals surface area contributed by atoms with Crippen molar-refractivity contribution in [1.82, 2.24) is 0 Å². The Balaban J connectivity index is 2.28. The molecule has 1 atom stereocenters. The van der Waals surface area contributed by atoms with E-state index in [1.807, 2.05) is 0 Å². The second-order valence-corrected chi connectivity index (χ2v) is 9.37. The lowest BCUT2D eigenvalue weighted by Gasteiger charge is -2.24. The van der Waals surface area contributed by atoms with Crippen LogP contribution in [-0.2, 0) is 5.41 Å². The molecule has 1 aromatic carbocycles. The van der Waals surface area contributed by atoms with Crippen molar-refractivity contribution in [2.24, 2.45) is 5.73 Å². The summed E-state index contributed by atoms with van der Waals surface area (Å²) in [5.74, 6) is 0. The highest BCUT2D eigenvalue weighted by atomic mass is 79.9. The third kappa shape index (κ3) is 3.35. The van der Waals surface area contributed by atoms with E-state index in [1.54, 1.807) is 11.3 Å². The molecule has 0 bridgehead atoms. The standard InChI is InChI=1S/C16H19Br2NS/c1-4-16(2,3)11-7-5-10(6-8-11)14(19)12-9-13(17)20-15(12)18/h5-9,14H,4,19H2,1-3H3. The highest BCUT2D eigenvalue weighted by Gasteiger charge is 2.19. The molecule has 0 aliphatic carbocycles. The van der Waals surface area contributed by atoms with Crippen molar-refractivity contribution >= 4 is 43.2 Å².